The van der Waals surface area contributed by atoms with Gasteiger partial charge >= 0.3 is 41.0 Å². The lowest BCUT2D eigenvalue weighted by Crippen LogP contribution is -2.54. The van der Waals surface area contributed by atoms with Crippen LogP contribution in [-0.2, 0) is 19.2 Å². The zero-order chi connectivity index (χ0) is 20.6. The number of aliphatic hydroxyl groups is 3. The van der Waals surface area contributed by atoms with Gasteiger partial charge in [-0.2, -0.15) is 0 Å². The molecule has 6 N–H and O–H groups in total. The number of carbonyl (C=O) groups is 4. The second-order valence-corrected chi connectivity index (χ2v) is 6.24. The summed E-state index contributed by atoms with van der Waals surface area (Å²) >= 11 is 0. The number of carbonyl (C=O) groups excluding carboxylic acids is 1. The second-order valence-electron chi connectivity index (χ2n) is 6.24. The van der Waals surface area contributed by atoms with Crippen LogP contribution in [0.15, 0.2) is 0 Å². The molecule has 0 aliphatic rings. The summed E-state index contributed by atoms with van der Waals surface area (Å²) in [6, 6.07) is 0. The Bertz CT molecular complexity index is 505. The molecule has 0 saturated carbocycles. The van der Waals surface area contributed by atoms with Gasteiger partial charge < -0.3 is 45.0 Å². The molecular formula is C13H25MgNO11. The number of likely N-dealkylation sites (N-methyl/N-ethyl adjacent to an activating group) is 1. The SMILES string of the molecule is C[N+](C)(C)CC(O)CC(=O)[O-].O=C(O)CC(O)(C(=O)O)C(O)C(=O)O.[MgH2]. The molecule has 0 aliphatic carbocycles. The smallest absolute Gasteiger partial charge is 0.339 e. The van der Waals surface area contributed by atoms with Crippen LogP contribution in [0.5, 0.6) is 0 Å². The number of hydrogen-bond acceptors (Lipinski definition) is 8. The Balaban J connectivity index is -0.000000402. The van der Waals surface area contributed by atoms with Crippen LogP contribution in [0.25, 0.3) is 0 Å². The van der Waals surface area contributed by atoms with Crippen LogP contribution in [0.2, 0.25) is 0 Å². The van der Waals surface area contributed by atoms with E-state index in [0.29, 0.717) is 11.0 Å². The van der Waals surface area contributed by atoms with E-state index in [1.807, 2.05) is 21.1 Å². The minimum Gasteiger partial charge on any atom is -0.550 e. The topological polar surface area (TPSA) is 213 Å². The minimum absolute atomic E-state index is 0. The molecule has 0 aromatic rings. The van der Waals surface area contributed by atoms with Crippen LogP contribution in [0.3, 0.4) is 0 Å². The van der Waals surface area contributed by atoms with Crippen molar-refractivity contribution in [1.29, 1.82) is 0 Å². The number of aliphatic hydroxyl groups excluding tert-OH is 2. The van der Waals surface area contributed by atoms with E-state index in [4.69, 9.17) is 30.6 Å². The Hall–Kier alpha value is -1.51. The van der Waals surface area contributed by atoms with E-state index in [1.54, 1.807) is 0 Å². The first kappa shape index (κ1) is 29.3. The highest BCUT2D eigenvalue weighted by molar-refractivity contribution is 5.90. The van der Waals surface area contributed by atoms with E-state index >= 15 is 0 Å². The number of carboxylic acid groups (broad SMARTS) is 4. The number of quaternary nitrogens is 1. The van der Waals surface area contributed by atoms with Gasteiger partial charge in [0.2, 0.25) is 5.60 Å². The first-order valence-electron chi connectivity index (χ1n) is 6.79. The van der Waals surface area contributed by atoms with Crippen LogP contribution < -0.4 is 5.11 Å². The van der Waals surface area contributed by atoms with Gasteiger partial charge in [0.15, 0.2) is 6.10 Å². The fourth-order valence-corrected chi connectivity index (χ4v) is 1.61. The van der Waals surface area contributed by atoms with E-state index in [2.05, 4.69) is 0 Å². The fourth-order valence-electron chi connectivity index (χ4n) is 1.61. The Labute approximate surface area is 165 Å². The van der Waals surface area contributed by atoms with Gasteiger partial charge in [0.25, 0.3) is 0 Å². The van der Waals surface area contributed by atoms with Gasteiger partial charge in [-0.3, -0.25) is 4.79 Å². The van der Waals surface area contributed by atoms with Crippen molar-refractivity contribution in [3.8, 4) is 0 Å². The average Bonchev–Trinajstić information content (AvgIpc) is 2.33. The van der Waals surface area contributed by atoms with Gasteiger partial charge in [-0.1, -0.05) is 0 Å². The third-order valence-electron chi connectivity index (χ3n) is 2.64. The molecule has 150 valence electrons. The molecule has 0 spiro atoms. The molecular weight excluding hydrogens is 370 g/mol. The minimum atomic E-state index is -3.22. The van der Waals surface area contributed by atoms with Gasteiger partial charge in [0.05, 0.1) is 27.6 Å². The maximum absolute atomic E-state index is 10.4. The Morgan fingerprint density at radius 2 is 1.46 bits per heavy atom. The number of hydrogen-bond donors (Lipinski definition) is 6. The monoisotopic (exact) mass is 395 g/mol. The summed E-state index contributed by atoms with van der Waals surface area (Å²) in [6.45, 7) is 0.425. The van der Waals surface area contributed by atoms with Gasteiger partial charge in [0, 0.05) is 12.4 Å². The molecule has 0 radical (unpaired) electrons. The molecule has 26 heavy (non-hydrogen) atoms. The van der Waals surface area contributed by atoms with E-state index < -0.39 is 48.1 Å². The highest BCUT2D eigenvalue weighted by Crippen LogP contribution is 2.16. The van der Waals surface area contributed by atoms with Crippen molar-refractivity contribution in [1.82, 2.24) is 0 Å². The molecule has 12 nitrogen and oxygen atoms in total. The predicted molar refractivity (Wildman–Crippen MR) is 85.6 cm³/mol. The van der Waals surface area contributed by atoms with Crippen LogP contribution >= 0.6 is 0 Å². The fraction of sp³-hybridized carbons (Fsp3) is 0.692. The molecule has 0 amide bonds. The van der Waals surface area contributed by atoms with Gasteiger partial charge in [-0.05, 0) is 0 Å². The first-order chi connectivity index (χ1) is 11.0. The summed E-state index contributed by atoms with van der Waals surface area (Å²) in [4.78, 5) is 40.7. The lowest BCUT2D eigenvalue weighted by Gasteiger charge is -2.26. The highest BCUT2D eigenvalue weighted by Gasteiger charge is 2.49. The van der Waals surface area contributed by atoms with Crippen molar-refractivity contribution in [2.45, 2.75) is 30.7 Å². The Kier molecular flexibility index (Phi) is 13.5. The lowest BCUT2D eigenvalue weighted by atomic mass is 9.93. The summed E-state index contributed by atoms with van der Waals surface area (Å²) in [7, 11) is 5.66. The van der Waals surface area contributed by atoms with Crippen molar-refractivity contribution in [3.63, 3.8) is 0 Å². The van der Waals surface area contributed by atoms with Crippen LogP contribution in [-0.4, -0.2) is 128 Å². The number of nitrogens with zero attached hydrogens (tertiary/aromatic N) is 1. The number of aliphatic carboxylic acids is 4. The van der Waals surface area contributed by atoms with Crippen molar-refractivity contribution in [2.75, 3.05) is 27.7 Å². The Morgan fingerprint density at radius 1 is 1.04 bits per heavy atom. The molecule has 13 heteroatoms. The third kappa shape index (κ3) is 12.8. The molecule has 3 unspecified atom stereocenters. The van der Waals surface area contributed by atoms with E-state index in [9.17, 15) is 24.3 Å². The quantitative estimate of drug-likeness (QED) is 0.160. The van der Waals surface area contributed by atoms with Crippen LogP contribution in [0.1, 0.15) is 12.8 Å². The summed E-state index contributed by atoms with van der Waals surface area (Å²) in [5.74, 6) is -7.08. The molecule has 0 aliphatic heterocycles. The molecule has 0 heterocycles. The van der Waals surface area contributed by atoms with E-state index in [1.165, 1.54) is 0 Å². The molecule has 0 fully saturated rings. The zero-order valence-electron chi connectivity index (χ0n) is 13.9. The second kappa shape index (κ2) is 12.0. The van der Waals surface area contributed by atoms with Gasteiger partial charge in [-0.25, -0.2) is 9.59 Å². The van der Waals surface area contributed by atoms with Crippen molar-refractivity contribution < 1.29 is 59.4 Å². The predicted octanol–water partition coefficient (Wildman–Crippen LogP) is -5.00. The first-order valence-corrected chi connectivity index (χ1v) is 6.79. The summed E-state index contributed by atoms with van der Waals surface area (Å²) in [5.41, 5.74) is -3.22. The van der Waals surface area contributed by atoms with Gasteiger partial charge in [0.1, 0.15) is 12.6 Å². The third-order valence-corrected chi connectivity index (χ3v) is 2.64. The largest absolute Gasteiger partial charge is 0.550 e. The molecule has 0 aromatic carbocycles. The van der Waals surface area contributed by atoms with E-state index in [-0.39, 0.29) is 29.5 Å². The molecule has 0 bridgehead atoms. The lowest BCUT2D eigenvalue weighted by molar-refractivity contribution is -0.873. The van der Waals surface area contributed by atoms with Gasteiger partial charge in [-0.15, -0.1) is 0 Å². The molecule has 3 atom stereocenters. The molecule has 0 saturated heterocycles. The van der Waals surface area contributed by atoms with E-state index in [0.717, 1.165) is 0 Å². The molecule has 0 rings (SSSR count). The Morgan fingerprint density at radius 3 is 1.69 bits per heavy atom. The summed E-state index contributed by atoms with van der Waals surface area (Å²) in [5, 5.41) is 61.8. The van der Waals surface area contributed by atoms with Crippen molar-refractivity contribution in [3.05, 3.63) is 0 Å². The zero-order valence-corrected chi connectivity index (χ0v) is 13.9. The normalized spacial score (nSPS) is 15.2. The summed E-state index contributed by atoms with van der Waals surface area (Å²) < 4.78 is 0.550. The maximum atomic E-state index is 10.4. The van der Waals surface area contributed by atoms with Crippen LogP contribution in [0, 0.1) is 0 Å². The van der Waals surface area contributed by atoms with Crippen molar-refractivity contribution in [2.24, 2.45) is 0 Å². The molecule has 0 aromatic heterocycles. The van der Waals surface area contributed by atoms with Crippen molar-refractivity contribution >= 4 is 46.9 Å². The highest BCUT2D eigenvalue weighted by atomic mass is 24.3. The average molecular weight is 396 g/mol. The standard InChI is InChI=1S/C7H15NO3.C6H8O8.Mg.2H/c1-8(2,3)5-6(9)4-7(10)11;7-2(8)1-6(14,5(12)13)3(9)4(10)11;;;/h6,9H,4-5H2,1-3H3;3,9,14H,1H2,(H,7,8)(H,10,11)(H,12,13);;;. The summed E-state index contributed by atoms with van der Waals surface area (Å²) in [6.07, 6.45) is -5.19. The number of carboxylic acids is 4. The van der Waals surface area contributed by atoms with Crippen LogP contribution in [0.4, 0.5) is 0 Å². The maximum Gasteiger partial charge on any atom is 0.339 e. The number of rotatable bonds is 9.